The number of benzene rings is 1. The van der Waals surface area contributed by atoms with Gasteiger partial charge in [0.2, 0.25) is 0 Å². The summed E-state index contributed by atoms with van der Waals surface area (Å²) < 4.78 is 0. The molecule has 0 spiro atoms. The van der Waals surface area contributed by atoms with Crippen LogP contribution in [0.3, 0.4) is 0 Å². The summed E-state index contributed by atoms with van der Waals surface area (Å²) in [4.78, 5) is 0. The minimum absolute atomic E-state index is 0.370. The Morgan fingerprint density at radius 1 is 0.800 bits per heavy atom. The lowest BCUT2D eigenvalue weighted by atomic mass is 10.1. The van der Waals surface area contributed by atoms with Gasteiger partial charge in [-0.25, -0.2) is 0 Å². The number of unbranched alkanes of at least 4 members (excludes halogenated alkanes) is 7. The van der Waals surface area contributed by atoms with Gasteiger partial charge in [-0.15, -0.1) is 0 Å². The first-order valence-electron chi connectivity index (χ1n) is 7.33. The van der Waals surface area contributed by atoms with E-state index < -0.39 is 0 Å². The molecular weight excluding hydrogens is 315 g/mol. The molecule has 0 aliphatic rings. The van der Waals surface area contributed by atoms with Crippen LogP contribution in [0.5, 0.6) is 0 Å². The first kappa shape index (κ1) is 20.1. The minimum Gasteiger partial charge on any atom is -0.396 e. The van der Waals surface area contributed by atoms with Gasteiger partial charge in [0.05, 0.1) is 10.0 Å². The third-order valence-corrected chi connectivity index (χ3v) is 3.87. The predicted molar refractivity (Wildman–Crippen MR) is 91.2 cm³/mol. The molecule has 4 heteroatoms. The Morgan fingerprint density at radius 3 is 1.80 bits per heavy atom. The molecule has 0 saturated heterocycles. The lowest BCUT2D eigenvalue weighted by molar-refractivity contribution is 0.282. The SMILES string of the molecule is CCCCCCCCCCO.Clc1ccc(Cl)c(Cl)c1. The Kier molecular flexibility index (Phi) is 14.0. The second-order valence-corrected chi connectivity index (χ2v) is 6.01. The highest BCUT2D eigenvalue weighted by molar-refractivity contribution is 6.43. The van der Waals surface area contributed by atoms with Gasteiger partial charge in [-0.1, -0.05) is 86.7 Å². The fourth-order valence-corrected chi connectivity index (χ4v) is 2.24. The topological polar surface area (TPSA) is 20.2 Å². The molecule has 0 saturated carbocycles. The molecule has 1 aromatic rings. The van der Waals surface area contributed by atoms with Crippen molar-refractivity contribution in [2.24, 2.45) is 0 Å². The molecular formula is C16H25Cl3O. The van der Waals surface area contributed by atoms with Crippen LogP contribution in [0, 0.1) is 0 Å². The fourth-order valence-electron chi connectivity index (χ4n) is 1.72. The van der Waals surface area contributed by atoms with E-state index in [-0.39, 0.29) is 0 Å². The third-order valence-electron chi connectivity index (χ3n) is 2.89. The van der Waals surface area contributed by atoms with Crippen molar-refractivity contribution >= 4 is 34.8 Å². The van der Waals surface area contributed by atoms with E-state index in [0.29, 0.717) is 21.7 Å². The highest BCUT2D eigenvalue weighted by atomic mass is 35.5. The lowest BCUT2D eigenvalue weighted by Crippen LogP contribution is -1.83. The van der Waals surface area contributed by atoms with Crippen LogP contribution in [0.15, 0.2) is 18.2 Å². The van der Waals surface area contributed by atoms with Crippen LogP contribution >= 0.6 is 34.8 Å². The van der Waals surface area contributed by atoms with Crippen LogP contribution < -0.4 is 0 Å². The predicted octanol–water partition coefficient (Wildman–Crippen LogP) is 6.77. The van der Waals surface area contributed by atoms with E-state index in [1.807, 2.05) is 0 Å². The maximum atomic E-state index is 8.51. The van der Waals surface area contributed by atoms with E-state index in [9.17, 15) is 0 Å². The van der Waals surface area contributed by atoms with E-state index in [4.69, 9.17) is 39.9 Å². The summed E-state index contributed by atoms with van der Waals surface area (Å²) in [6.07, 6.45) is 10.4. The van der Waals surface area contributed by atoms with Crippen molar-refractivity contribution in [2.45, 2.75) is 58.3 Å². The van der Waals surface area contributed by atoms with E-state index >= 15 is 0 Å². The van der Waals surface area contributed by atoms with Crippen molar-refractivity contribution in [3.05, 3.63) is 33.3 Å². The summed E-state index contributed by atoms with van der Waals surface area (Å²) in [6, 6.07) is 4.95. The smallest absolute Gasteiger partial charge is 0.0607 e. The summed E-state index contributed by atoms with van der Waals surface area (Å²) in [7, 11) is 0. The molecule has 0 heterocycles. The molecule has 1 aromatic carbocycles. The number of hydrogen-bond donors (Lipinski definition) is 1. The zero-order valence-electron chi connectivity index (χ0n) is 12.2. The van der Waals surface area contributed by atoms with Gasteiger partial charge in [-0.05, 0) is 24.6 Å². The van der Waals surface area contributed by atoms with Crippen molar-refractivity contribution in [3.63, 3.8) is 0 Å². The summed E-state index contributed by atoms with van der Waals surface area (Å²) in [5, 5.41) is 10.1. The summed E-state index contributed by atoms with van der Waals surface area (Å²) >= 11 is 16.8. The number of halogens is 3. The fraction of sp³-hybridized carbons (Fsp3) is 0.625. The number of aliphatic hydroxyl groups excluding tert-OH is 1. The molecule has 0 aromatic heterocycles. The van der Waals surface area contributed by atoms with E-state index in [0.717, 1.165) is 6.42 Å². The average Bonchev–Trinajstić information content (AvgIpc) is 2.43. The number of rotatable bonds is 8. The summed E-state index contributed by atoms with van der Waals surface area (Å²) in [5.74, 6) is 0. The normalized spacial score (nSPS) is 10.1. The van der Waals surface area contributed by atoms with Crippen molar-refractivity contribution in [1.29, 1.82) is 0 Å². The molecule has 1 nitrogen and oxygen atoms in total. The molecule has 0 aliphatic heterocycles. The Morgan fingerprint density at radius 2 is 1.35 bits per heavy atom. The van der Waals surface area contributed by atoms with Gasteiger partial charge < -0.3 is 5.11 Å². The minimum atomic E-state index is 0.370. The Bertz CT molecular complexity index is 334. The summed E-state index contributed by atoms with van der Waals surface area (Å²) in [5.41, 5.74) is 0. The quantitative estimate of drug-likeness (QED) is 0.409. The Labute approximate surface area is 138 Å². The highest BCUT2D eigenvalue weighted by Crippen LogP contribution is 2.24. The maximum Gasteiger partial charge on any atom is 0.0607 e. The molecule has 0 aliphatic carbocycles. The number of hydrogen-bond acceptors (Lipinski definition) is 1. The first-order chi connectivity index (χ1) is 9.61. The standard InChI is InChI=1S/C10H22O.C6H3Cl3/c1-2-3-4-5-6-7-8-9-10-11;7-4-1-2-5(8)6(9)3-4/h11H,2-10H2,1H3;1-3H. The average molecular weight is 340 g/mol. The van der Waals surface area contributed by atoms with Crippen LogP contribution in [0.25, 0.3) is 0 Å². The molecule has 0 radical (unpaired) electrons. The molecule has 0 unspecified atom stereocenters. The monoisotopic (exact) mass is 338 g/mol. The van der Waals surface area contributed by atoms with Crippen molar-refractivity contribution in [3.8, 4) is 0 Å². The van der Waals surface area contributed by atoms with Crippen molar-refractivity contribution in [2.75, 3.05) is 6.61 Å². The number of aliphatic hydroxyl groups is 1. The zero-order valence-corrected chi connectivity index (χ0v) is 14.4. The Balaban J connectivity index is 0.000000367. The van der Waals surface area contributed by atoms with Crippen LogP contribution in [-0.4, -0.2) is 11.7 Å². The van der Waals surface area contributed by atoms with Crippen LogP contribution in [0.1, 0.15) is 58.3 Å². The molecule has 0 bridgehead atoms. The molecule has 0 fully saturated rings. The van der Waals surface area contributed by atoms with Gasteiger partial charge in [0.15, 0.2) is 0 Å². The highest BCUT2D eigenvalue weighted by Gasteiger charge is 1.95. The van der Waals surface area contributed by atoms with E-state index in [1.54, 1.807) is 18.2 Å². The zero-order chi connectivity index (χ0) is 15.2. The molecule has 1 N–H and O–H groups in total. The molecule has 20 heavy (non-hydrogen) atoms. The maximum absolute atomic E-state index is 8.51. The van der Waals surface area contributed by atoms with Gasteiger partial charge in [0, 0.05) is 11.6 Å². The van der Waals surface area contributed by atoms with Crippen LogP contribution in [0.4, 0.5) is 0 Å². The van der Waals surface area contributed by atoms with Crippen LogP contribution in [-0.2, 0) is 0 Å². The summed E-state index contributed by atoms with van der Waals surface area (Å²) in [6.45, 7) is 2.61. The lowest BCUT2D eigenvalue weighted by Gasteiger charge is -1.98. The van der Waals surface area contributed by atoms with E-state index in [2.05, 4.69) is 6.92 Å². The van der Waals surface area contributed by atoms with Gasteiger partial charge in [-0.2, -0.15) is 0 Å². The third kappa shape index (κ3) is 11.8. The molecule has 1 rings (SSSR count). The second kappa shape index (κ2) is 14.0. The van der Waals surface area contributed by atoms with Gasteiger partial charge in [-0.3, -0.25) is 0 Å². The largest absolute Gasteiger partial charge is 0.396 e. The van der Waals surface area contributed by atoms with Crippen molar-refractivity contribution in [1.82, 2.24) is 0 Å². The molecule has 116 valence electrons. The molecule has 0 amide bonds. The van der Waals surface area contributed by atoms with Crippen LogP contribution in [0.2, 0.25) is 15.1 Å². The van der Waals surface area contributed by atoms with Crippen molar-refractivity contribution < 1.29 is 5.11 Å². The first-order valence-corrected chi connectivity index (χ1v) is 8.46. The second-order valence-electron chi connectivity index (χ2n) is 4.76. The van der Waals surface area contributed by atoms with Gasteiger partial charge in [0.25, 0.3) is 0 Å². The van der Waals surface area contributed by atoms with Gasteiger partial charge in [0.1, 0.15) is 0 Å². The van der Waals surface area contributed by atoms with E-state index in [1.165, 1.54) is 44.9 Å². The Hall–Kier alpha value is 0.0500. The van der Waals surface area contributed by atoms with Gasteiger partial charge >= 0.3 is 0 Å². The molecule has 0 atom stereocenters.